The van der Waals surface area contributed by atoms with Crippen LogP contribution in [0.2, 0.25) is 0 Å². The molecule has 5 aromatic rings. The van der Waals surface area contributed by atoms with Crippen molar-refractivity contribution >= 4 is 32.4 Å². The molecule has 0 unspecified atom stereocenters. The molecule has 0 saturated carbocycles. The molecule has 160 valence electrons. The van der Waals surface area contributed by atoms with Gasteiger partial charge in [-0.25, -0.2) is 13.6 Å². The Bertz CT molecular complexity index is 1680. The third kappa shape index (κ3) is 3.75. The normalized spacial score (nSPS) is 12.6. The minimum absolute atomic E-state index is 0.0232. The van der Waals surface area contributed by atoms with E-state index in [9.17, 15) is 13.2 Å². The second kappa shape index (κ2) is 7.52. The van der Waals surface area contributed by atoms with Crippen molar-refractivity contribution < 1.29 is 12.8 Å². The number of nitrogens with two attached hydrogens (primary N) is 1. The van der Waals surface area contributed by atoms with Crippen molar-refractivity contribution in [2.45, 2.75) is 11.8 Å². The maximum Gasteiger partial charge on any atom is 0.291 e. The number of aromatic nitrogens is 3. The van der Waals surface area contributed by atoms with Crippen molar-refractivity contribution in [3.8, 4) is 22.7 Å². The third-order valence-electron chi connectivity index (χ3n) is 4.83. The molecule has 0 saturated heterocycles. The number of hydrogen-bond acceptors (Lipinski definition) is 7. The lowest BCUT2D eigenvalue weighted by atomic mass is 10.1. The van der Waals surface area contributed by atoms with Gasteiger partial charge in [-0.1, -0.05) is 35.1 Å². The molecule has 5 rings (SSSR count). The van der Waals surface area contributed by atoms with Gasteiger partial charge in [-0.3, -0.25) is 4.79 Å². The van der Waals surface area contributed by atoms with Gasteiger partial charge in [0.2, 0.25) is 15.0 Å². The van der Waals surface area contributed by atoms with E-state index in [1.807, 2.05) is 31.2 Å². The SMILES string of the molecule is Cc1cccc(-c2nc3s/c(=C\c4ccc(-c5ccc(S(N)(=O)=O)cc5)o4)c(=O)n3n2)c1. The van der Waals surface area contributed by atoms with E-state index in [0.717, 1.165) is 11.1 Å². The van der Waals surface area contributed by atoms with Crippen molar-refractivity contribution in [3.63, 3.8) is 0 Å². The van der Waals surface area contributed by atoms with Gasteiger partial charge >= 0.3 is 0 Å². The van der Waals surface area contributed by atoms with Crippen LogP contribution in [0.3, 0.4) is 0 Å². The Balaban J connectivity index is 1.47. The predicted molar refractivity (Wildman–Crippen MR) is 122 cm³/mol. The summed E-state index contributed by atoms with van der Waals surface area (Å²) in [5, 5.41) is 9.49. The minimum atomic E-state index is -3.76. The molecule has 0 fully saturated rings. The first kappa shape index (κ1) is 20.3. The van der Waals surface area contributed by atoms with Gasteiger partial charge in [-0.05, 0) is 49.4 Å². The van der Waals surface area contributed by atoms with Crippen LogP contribution in [0.5, 0.6) is 0 Å². The summed E-state index contributed by atoms with van der Waals surface area (Å²) in [6.07, 6.45) is 1.64. The summed E-state index contributed by atoms with van der Waals surface area (Å²) < 4.78 is 30.3. The highest BCUT2D eigenvalue weighted by Crippen LogP contribution is 2.24. The second-order valence-corrected chi connectivity index (χ2v) is 9.76. The van der Waals surface area contributed by atoms with E-state index in [1.54, 1.807) is 30.3 Å². The van der Waals surface area contributed by atoms with Gasteiger partial charge in [0.15, 0.2) is 5.82 Å². The number of primary sulfonamides is 1. The van der Waals surface area contributed by atoms with Crippen LogP contribution in [0.25, 0.3) is 33.7 Å². The molecule has 3 aromatic heterocycles. The fourth-order valence-electron chi connectivity index (χ4n) is 3.26. The Hall–Kier alpha value is -3.60. The first-order chi connectivity index (χ1) is 15.3. The average Bonchev–Trinajstić information content (AvgIpc) is 3.45. The van der Waals surface area contributed by atoms with Gasteiger partial charge in [0.25, 0.3) is 5.56 Å². The van der Waals surface area contributed by atoms with Crippen LogP contribution in [0.1, 0.15) is 11.3 Å². The van der Waals surface area contributed by atoms with Crippen LogP contribution in [0, 0.1) is 6.92 Å². The smallest absolute Gasteiger partial charge is 0.291 e. The number of fused-ring (bicyclic) bond motifs is 1. The summed E-state index contributed by atoms with van der Waals surface area (Å²) in [6.45, 7) is 1.99. The molecule has 0 amide bonds. The van der Waals surface area contributed by atoms with Crippen molar-refractivity contribution in [2.75, 3.05) is 0 Å². The third-order valence-corrected chi connectivity index (χ3v) is 6.71. The molecule has 0 aliphatic heterocycles. The number of rotatable bonds is 4. The molecule has 0 radical (unpaired) electrons. The highest BCUT2D eigenvalue weighted by Gasteiger charge is 2.13. The first-order valence-corrected chi connectivity index (χ1v) is 11.9. The highest BCUT2D eigenvalue weighted by atomic mass is 32.2. The molecule has 2 N–H and O–H groups in total. The maximum absolute atomic E-state index is 12.8. The first-order valence-electron chi connectivity index (χ1n) is 9.49. The number of nitrogens with zero attached hydrogens (tertiary/aromatic N) is 3. The summed E-state index contributed by atoms with van der Waals surface area (Å²) in [5.74, 6) is 1.52. The fraction of sp³-hybridized carbons (Fsp3) is 0.0455. The van der Waals surface area contributed by atoms with E-state index < -0.39 is 10.0 Å². The van der Waals surface area contributed by atoms with Gasteiger partial charge < -0.3 is 4.42 Å². The Kier molecular flexibility index (Phi) is 4.77. The topological polar surface area (TPSA) is 121 Å². The van der Waals surface area contributed by atoms with Gasteiger partial charge in [-0.2, -0.15) is 9.50 Å². The molecule has 0 atom stereocenters. The Morgan fingerprint density at radius 1 is 1.06 bits per heavy atom. The zero-order valence-corrected chi connectivity index (χ0v) is 18.4. The number of thiazole rings is 1. The Morgan fingerprint density at radius 2 is 1.84 bits per heavy atom. The minimum Gasteiger partial charge on any atom is -0.457 e. The number of furan rings is 1. The van der Waals surface area contributed by atoms with E-state index in [1.165, 1.54) is 28.0 Å². The molecule has 0 bridgehead atoms. The molecule has 0 spiro atoms. The van der Waals surface area contributed by atoms with Gasteiger partial charge in [-0.15, -0.1) is 5.10 Å². The van der Waals surface area contributed by atoms with Gasteiger partial charge in [0.1, 0.15) is 16.1 Å². The van der Waals surface area contributed by atoms with Crippen LogP contribution >= 0.6 is 11.3 Å². The Morgan fingerprint density at radius 3 is 2.53 bits per heavy atom. The van der Waals surface area contributed by atoms with Crippen molar-refractivity contribution in [1.29, 1.82) is 0 Å². The van der Waals surface area contributed by atoms with Gasteiger partial charge in [0.05, 0.1) is 4.90 Å². The number of sulfonamides is 1. The highest BCUT2D eigenvalue weighted by molar-refractivity contribution is 7.89. The van der Waals surface area contributed by atoms with Crippen molar-refractivity contribution in [3.05, 3.63) is 86.9 Å². The zero-order valence-electron chi connectivity index (χ0n) is 16.7. The summed E-state index contributed by atoms with van der Waals surface area (Å²) in [5.41, 5.74) is 2.36. The largest absolute Gasteiger partial charge is 0.457 e. The van der Waals surface area contributed by atoms with E-state index >= 15 is 0 Å². The predicted octanol–water partition coefficient (Wildman–Crippen LogP) is 2.58. The molecule has 2 aromatic carbocycles. The summed E-state index contributed by atoms with van der Waals surface area (Å²) in [6, 6.07) is 17.3. The Labute approximate surface area is 186 Å². The summed E-state index contributed by atoms with van der Waals surface area (Å²) >= 11 is 1.23. The molecule has 0 aliphatic carbocycles. The van der Waals surface area contributed by atoms with Gasteiger partial charge in [0, 0.05) is 17.2 Å². The van der Waals surface area contributed by atoms with Crippen LogP contribution in [-0.4, -0.2) is 23.0 Å². The van der Waals surface area contributed by atoms with Crippen LogP contribution in [0.4, 0.5) is 0 Å². The maximum atomic E-state index is 12.8. The number of benzene rings is 2. The lowest BCUT2D eigenvalue weighted by Crippen LogP contribution is -2.23. The standard InChI is InChI=1S/C22H16N4O4S2/c1-13-3-2-4-15(11-13)20-24-22-26(25-20)21(27)19(31-22)12-16-7-10-18(30-16)14-5-8-17(9-6-14)32(23,28)29/h2-12H,1H3,(H2,23,28,29)/b19-12-. The van der Waals surface area contributed by atoms with Crippen molar-refractivity contribution in [1.82, 2.24) is 14.6 Å². The fourth-order valence-corrected chi connectivity index (χ4v) is 4.67. The number of aryl methyl sites for hydroxylation is 1. The van der Waals surface area contributed by atoms with Crippen LogP contribution in [0.15, 0.2) is 74.8 Å². The number of hydrogen-bond donors (Lipinski definition) is 1. The lowest BCUT2D eigenvalue weighted by Gasteiger charge is -2.00. The second-order valence-electron chi connectivity index (χ2n) is 7.19. The summed E-state index contributed by atoms with van der Waals surface area (Å²) in [4.78, 5) is 17.8. The van der Waals surface area contributed by atoms with E-state index in [0.29, 0.717) is 32.4 Å². The molecule has 8 nitrogen and oxygen atoms in total. The zero-order chi connectivity index (χ0) is 22.5. The summed E-state index contributed by atoms with van der Waals surface area (Å²) in [7, 11) is -3.76. The van der Waals surface area contributed by atoms with E-state index in [2.05, 4.69) is 10.1 Å². The molecular formula is C22H16N4O4S2. The molecule has 32 heavy (non-hydrogen) atoms. The molecule has 3 heterocycles. The molecular weight excluding hydrogens is 448 g/mol. The lowest BCUT2D eigenvalue weighted by molar-refractivity contribution is 0.571. The molecule has 0 aliphatic rings. The molecule has 10 heteroatoms. The quantitative estimate of drug-likeness (QED) is 0.436. The van der Waals surface area contributed by atoms with E-state index in [-0.39, 0.29) is 10.5 Å². The van der Waals surface area contributed by atoms with E-state index in [4.69, 9.17) is 9.56 Å². The van der Waals surface area contributed by atoms with Crippen molar-refractivity contribution in [2.24, 2.45) is 5.14 Å². The monoisotopic (exact) mass is 464 g/mol. The average molecular weight is 465 g/mol. The van der Waals surface area contributed by atoms with Crippen LogP contribution < -0.4 is 15.2 Å². The van der Waals surface area contributed by atoms with Crippen LogP contribution in [-0.2, 0) is 10.0 Å².